The normalized spacial score (nSPS) is 24.6. The summed E-state index contributed by atoms with van der Waals surface area (Å²) in [6, 6.07) is 10.3. The van der Waals surface area contributed by atoms with Gasteiger partial charge < -0.3 is 10.2 Å². The third-order valence-corrected chi connectivity index (χ3v) is 6.35. The number of nitrogens with zero attached hydrogens (tertiary/aromatic N) is 1. The maximum Gasteiger partial charge on any atom is 0.450 e. The summed E-state index contributed by atoms with van der Waals surface area (Å²) in [5, 5.41) is 2.88. The molecule has 3 aliphatic rings. The van der Waals surface area contributed by atoms with Crippen molar-refractivity contribution in [1.82, 2.24) is 10.2 Å². The zero-order valence-corrected chi connectivity index (χ0v) is 16.6. The van der Waals surface area contributed by atoms with Gasteiger partial charge in [0.1, 0.15) is 0 Å². The number of allylic oxidation sites excluding steroid dienone is 2. The van der Waals surface area contributed by atoms with Crippen molar-refractivity contribution in [3.05, 3.63) is 59.3 Å². The number of likely N-dealkylation sites (tertiary alicyclic amines) is 1. The van der Waals surface area contributed by atoms with Gasteiger partial charge in [-0.05, 0) is 42.7 Å². The number of alkyl halides is 3. The zero-order valence-electron chi connectivity index (χ0n) is 16.6. The third-order valence-electron chi connectivity index (χ3n) is 6.35. The second-order valence-corrected chi connectivity index (χ2v) is 8.34. The van der Waals surface area contributed by atoms with Crippen LogP contribution in [0.1, 0.15) is 24.8 Å². The monoisotopic (exact) mass is 418 g/mol. The first kappa shape index (κ1) is 20.7. The van der Waals surface area contributed by atoms with Gasteiger partial charge in [0.05, 0.1) is 11.8 Å². The second-order valence-electron chi connectivity index (χ2n) is 8.34. The van der Waals surface area contributed by atoms with Crippen LogP contribution >= 0.6 is 0 Å². The fraction of sp³-hybridized carbons (Fsp3) is 0.478. The molecule has 30 heavy (non-hydrogen) atoms. The van der Waals surface area contributed by atoms with Gasteiger partial charge in [-0.1, -0.05) is 42.5 Å². The highest BCUT2D eigenvalue weighted by atomic mass is 19.4. The topological polar surface area (TPSA) is 49.4 Å². The summed E-state index contributed by atoms with van der Waals surface area (Å²) in [7, 11) is 0. The maximum absolute atomic E-state index is 13.0. The zero-order chi connectivity index (χ0) is 21.3. The van der Waals surface area contributed by atoms with Crippen LogP contribution in [-0.4, -0.2) is 42.4 Å². The number of halogens is 3. The molecule has 2 atom stereocenters. The van der Waals surface area contributed by atoms with Crippen molar-refractivity contribution < 1.29 is 22.8 Å². The molecular weight excluding hydrogens is 393 g/mol. The fourth-order valence-electron chi connectivity index (χ4n) is 4.68. The Balaban J connectivity index is 1.37. The van der Waals surface area contributed by atoms with E-state index in [2.05, 4.69) is 17.4 Å². The molecule has 7 heteroatoms. The lowest BCUT2D eigenvalue weighted by Crippen LogP contribution is -2.42. The number of fused-ring (bicyclic) bond motifs is 1. The maximum atomic E-state index is 13.0. The smallest absolute Gasteiger partial charge is 0.384 e. The quantitative estimate of drug-likeness (QED) is 0.812. The number of nitrogens with one attached hydrogen (secondary N) is 1. The molecule has 0 spiro atoms. The standard InChI is InChI=1S/C23H25F3N2O2/c24-23(25,26)21(29)19-14-27-20-7-6-17(13-18(19)20)22(30)28-10-8-16(9-11-28)12-15-4-2-1-3-5-15/h1-5,7,13,16-17,19,27H,6,8-12,14H2/t17?,19-/m0/s1. The highest BCUT2D eigenvalue weighted by Crippen LogP contribution is 2.36. The van der Waals surface area contributed by atoms with E-state index in [1.54, 1.807) is 12.2 Å². The SMILES string of the molecule is O=C(C1C=C2C(=CC1)NC[C@@H]2C(=O)C(F)(F)F)N1CCC(Cc2ccccc2)CC1. The van der Waals surface area contributed by atoms with E-state index in [0.29, 0.717) is 36.7 Å². The first-order chi connectivity index (χ1) is 14.3. The van der Waals surface area contributed by atoms with E-state index in [4.69, 9.17) is 0 Å². The highest BCUT2D eigenvalue weighted by Gasteiger charge is 2.47. The van der Waals surface area contributed by atoms with Crippen molar-refractivity contribution in [2.75, 3.05) is 19.6 Å². The summed E-state index contributed by atoms with van der Waals surface area (Å²) in [4.78, 5) is 26.6. The molecule has 160 valence electrons. The number of rotatable bonds is 4. The van der Waals surface area contributed by atoms with Crippen LogP contribution in [0.2, 0.25) is 0 Å². The molecule has 0 aromatic heterocycles. The molecule has 2 saturated heterocycles. The molecule has 0 radical (unpaired) electrons. The molecule has 4 rings (SSSR count). The van der Waals surface area contributed by atoms with E-state index in [-0.39, 0.29) is 12.5 Å². The number of piperidine rings is 1. The number of amides is 1. The Labute approximate surface area is 173 Å². The number of Topliss-reactive ketones (excluding diaryl/α,β-unsaturated/α-hetero) is 1. The number of benzene rings is 1. The van der Waals surface area contributed by atoms with E-state index in [1.807, 2.05) is 23.1 Å². The summed E-state index contributed by atoms with van der Waals surface area (Å²) in [5.74, 6) is -3.04. The number of hydrogen-bond acceptors (Lipinski definition) is 3. The Hall–Kier alpha value is -2.57. The van der Waals surface area contributed by atoms with Crippen molar-refractivity contribution in [2.45, 2.75) is 31.9 Å². The number of ketones is 1. The highest BCUT2D eigenvalue weighted by molar-refractivity contribution is 5.91. The lowest BCUT2D eigenvalue weighted by atomic mass is 9.85. The molecule has 1 aliphatic carbocycles. The van der Waals surface area contributed by atoms with Gasteiger partial charge >= 0.3 is 6.18 Å². The van der Waals surface area contributed by atoms with Gasteiger partial charge in [0.25, 0.3) is 0 Å². The Morgan fingerprint density at radius 1 is 1.10 bits per heavy atom. The summed E-state index contributed by atoms with van der Waals surface area (Å²) in [6.45, 7) is 1.26. The number of hydrogen-bond donors (Lipinski definition) is 1. The molecule has 1 aromatic rings. The first-order valence-corrected chi connectivity index (χ1v) is 10.4. The van der Waals surface area contributed by atoms with Gasteiger partial charge in [0.15, 0.2) is 0 Å². The van der Waals surface area contributed by atoms with E-state index in [1.165, 1.54) is 5.56 Å². The Bertz CT molecular complexity index is 868. The van der Waals surface area contributed by atoms with Gasteiger partial charge in [-0.15, -0.1) is 0 Å². The van der Waals surface area contributed by atoms with Crippen LogP contribution in [0, 0.1) is 17.8 Å². The van der Waals surface area contributed by atoms with Gasteiger partial charge in [0, 0.05) is 25.3 Å². The molecule has 1 N–H and O–H groups in total. The van der Waals surface area contributed by atoms with Crippen LogP contribution in [0.3, 0.4) is 0 Å². The van der Waals surface area contributed by atoms with Gasteiger partial charge in [-0.25, -0.2) is 0 Å². The van der Waals surface area contributed by atoms with Crippen molar-refractivity contribution in [3.63, 3.8) is 0 Å². The second kappa shape index (κ2) is 8.28. The molecule has 4 nitrogen and oxygen atoms in total. The average molecular weight is 418 g/mol. The molecule has 0 saturated carbocycles. The molecular formula is C23H25F3N2O2. The lowest BCUT2D eigenvalue weighted by molar-refractivity contribution is -0.173. The predicted molar refractivity (Wildman–Crippen MR) is 106 cm³/mol. The summed E-state index contributed by atoms with van der Waals surface area (Å²) in [5.41, 5.74) is 2.18. The lowest BCUT2D eigenvalue weighted by Gasteiger charge is -2.34. The van der Waals surface area contributed by atoms with Crippen LogP contribution in [-0.2, 0) is 16.0 Å². The van der Waals surface area contributed by atoms with Crippen molar-refractivity contribution in [3.8, 4) is 0 Å². The van der Waals surface area contributed by atoms with E-state index < -0.39 is 23.8 Å². The van der Waals surface area contributed by atoms with Gasteiger partial charge in [-0.3, -0.25) is 9.59 Å². The van der Waals surface area contributed by atoms with Crippen LogP contribution in [0.4, 0.5) is 13.2 Å². The minimum absolute atomic E-state index is 0.0546. The Morgan fingerprint density at radius 2 is 1.80 bits per heavy atom. The molecule has 1 aromatic carbocycles. The van der Waals surface area contributed by atoms with Crippen LogP contribution in [0.15, 0.2) is 53.8 Å². The number of carbonyl (C=O) groups is 2. The Morgan fingerprint density at radius 3 is 2.47 bits per heavy atom. The van der Waals surface area contributed by atoms with Crippen molar-refractivity contribution >= 4 is 11.7 Å². The van der Waals surface area contributed by atoms with E-state index in [9.17, 15) is 22.8 Å². The summed E-state index contributed by atoms with van der Waals surface area (Å²) < 4.78 is 38.7. The fourth-order valence-corrected chi connectivity index (χ4v) is 4.68. The van der Waals surface area contributed by atoms with Crippen LogP contribution in [0.5, 0.6) is 0 Å². The largest absolute Gasteiger partial charge is 0.450 e. The van der Waals surface area contributed by atoms with Gasteiger partial charge in [-0.2, -0.15) is 13.2 Å². The summed E-state index contributed by atoms with van der Waals surface area (Å²) >= 11 is 0. The van der Waals surface area contributed by atoms with E-state index >= 15 is 0 Å². The van der Waals surface area contributed by atoms with Crippen molar-refractivity contribution in [2.24, 2.45) is 17.8 Å². The third kappa shape index (κ3) is 4.30. The Kier molecular flexibility index (Phi) is 5.71. The van der Waals surface area contributed by atoms with Crippen LogP contribution in [0.25, 0.3) is 0 Å². The summed E-state index contributed by atoms with van der Waals surface area (Å²) in [6.07, 6.45) is 1.74. The molecule has 2 fully saturated rings. The number of carbonyl (C=O) groups excluding carboxylic acids is 2. The predicted octanol–water partition coefficient (Wildman–Crippen LogP) is 3.65. The minimum atomic E-state index is -4.87. The minimum Gasteiger partial charge on any atom is -0.384 e. The molecule has 2 heterocycles. The molecule has 1 unspecified atom stereocenters. The molecule has 0 bridgehead atoms. The van der Waals surface area contributed by atoms with Gasteiger partial charge in [0.2, 0.25) is 11.7 Å². The molecule has 1 amide bonds. The van der Waals surface area contributed by atoms with Crippen molar-refractivity contribution in [1.29, 1.82) is 0 Å². The average Bonchev–Trinajstić information content (AvgIpc) is 3.16. The van der Waals surface area contributed by atoms with E-state index in [0.717, 1.165) is 19.3 Å². The first-order valence-electron chi connectivity index (χ1n) is 10.4. The van der Waals surface area contributed by atoms with Crippen LogP contribution < -0.4 is 5.32 Å². The molecule has 2 aliphatic heterocycles.